The van der Waals surface area contributed by atoms with E-state index >= 15 is 0 Å². The first kappa shape index (κ1) is 22.8. The molecule has 0 aromatic heterocycles. The van der Waals surface area contributed by atoms with Crippen LogP contribution in [0.15, 0.2) is 47.4 Å². The van der Waals surface area contributed by atoms with Gasteiger partial charge in [0.25, 0.3) is 5.91 Å². The number of halogens is 2. The summed E-state index contributed by atoms with van der Waals surface area (Å²) in [7, 11) is -3.81. The normalized spacial score (nSPS) is 20.3. The third-order valence-corrected chi connectivity index (χ3v) is 7.11. The Hall–Kier alpha value is -2.33. The van der Waals surface area contributed by atoms with Crippen LogP contribution < -0.4 is 5.14 Å². The van der Waals surface area contributed by atoms with E-state index in [1.807, 2.05) is 0 Å². The van der Waals surface area contributed by atoms with Crippen LogP contribution in [0.4, 0.5) is 4.79 Å². The number of likely N-dealkylation sites (tertiary alicyclic amines) is 2. The van der Waals surface area contributed by atoms with Crippen LogP contribution in [0, 0.1) is 11.8 Å². The van der Waals surface area contributed by atoms with Gasteiger partial charge < -0.3 is 14.5 Å². The number of nitrogens with two attached hydrogens (primary N) is 1. The number of rotatable bonds is 4. The minimum absolute atomic E-state index is 0.0402. The Morgan fingerprint density at radius 2 is 1.47 bits per heavy atom. The number of carbonyl (C=O) groups excluding carboxylic acids is 2. The van der Waals surface area contributed by atoms with Crippen molar-refractivity contribution in [2.75, 3.05) is 26.2 Å². The van der Waals surface area contributed by atoms with Gasteiger partial charge in [0.15, 0.2) is 0 Å². The summed E-state index contributed by atoms with van der Waals surface area (Å²) >= 11 is 11.9. The van der Waals surface area contributed by atoms with E-state index < -0.39 is 16.1 Å². The van der Waals surface area contributed by atoms with E-state index in [-0.39, 0.29) is 29.2 Å². The fraction of sp³-hybridized carbons (Fsp3) is 0.333. The molecule has 2 N–H and O–H groups in total. The molecule has 2 saturated heterocycles. The van der Waals surface area contributed by atoms with Crippen LogP contribution >= 0.6 is 23.2 Å². The maximum atomic E-state index is 12.8. The number of carbonyl (C=O) groups is 2. The second kappa shape index (κ2) is 8.90. The number of fused-ring (bicyclic) bond motifs is 1. The van der Waals surface area contributed by atoms with E-state index in [0.717, 1.165) is 0 Å². The minimum atomic E-state index is -3.81. The number of ether oxygens (including phenoxy) is 1. The maximum Gasteiger partial charge on any atom is 0.410 e. The number of nitrogens with zero attached hydrogens (tertiary/aromatic N) is 2. The van der Waals surface area contributed by atoms with Crippen LogP contribution in [0.2, 0.25) is 10.0 Å². The number of benzene rings is 2. The molecule has 11 heteroatoms. The second-order valence-corrected chi connectivity index (χ2v) is 10.5. The first-order chi connectivity index (χ1) is 15.1. The Morgan fingerprint density at radius 3 is 2.00 bits per heavy atom. The van der Waals surface area contributed by atoms with Crippen molar-refractivity contribution in [3.63, 3.8) is 0 Å². The van der Waals surface area contributed by atoms with E-state index in [1.165, 1.54) is 24.3 Å². The van der Waals surface area contributed by atoms with E-state index in [0.29, 0.717) is 47.4 Å². The summed E-state index contributed by atoms with van der Waals surface area (Å²) in [4.78, 5) is 28.6. The zero-order valence-electron chi connectivity index (χ0n) is 16.9. The summed E-state index contributed by atoms with van der Waals surface area (Å²) < 4.78 is 28.1. The Morgan fingerprint density at radius 1 is 0.938 bits per heavy atom. The summed E-state index contributed by atoms with van der Waals surface area (Å²) in [5, 5.41) is 6.05. The molecule has 170 valence electrons. The fourth-order valence-electron chi connectivity index (χ4n) is 4.21. The molecule has 0 radical (unpaired) electrons. The standard InChI is InChI=1S/C21H21Cl2N3O5S/c22-17-5-13(6-18(23)7-17)12-31-21(28)26-10-15-8-25(9-16(15)11-26)20(27)14-1-3-19(4-2-14)32(24,29)30/h1-7,15-16H,8-12H2,(H2,24,29,30)/t15-,16-/m1/s1. The highest BCUT2D eigenvalue weighted by Crippen LogP contribution is 2.32. The Balaban J connectivity index is 1.30. The molecule has 0 aliphatic carbocycles. The summed E-state index contributed by atoms with van der Waals surface area (Å²) in [6.45, 7) is 2.13. The number of hydrogen-bond acceptors (Lipinski definition) is 5. The highest BCUT2D eigenvalue weighted by Gasteiger charge is 2.43. The molecule has 0 saturated carbocycles. The molecule has 0 bridgehead atoms. The van der Waals surface area contributed by atoms with Crippen LogP contribution in [0.3, 0.4) is 0 Å². The third-order valence-electron chi connectivity index (χ3n) is 5.75. The summed E-state index contributed by atoms with van der Waals surface area (Å²) in [6, 6.07) is 10.6. The predicted octanol–water partition coefficient (Wildman–Crippen LogP) is 2.98. The average Bonchev–Trinajstić information content (AvgIpc) is 3.30. The lowest BCUT2D eigenvalue weighted by Gasteiger charge is -2.21. The molecule has 0 spiro atoms. The van der Waals surface area contributed by atoms with E-state index in [1.54, 1.807) is 28.0 Å². The van der Waals surface area contributed by atoms with Gasteiger partial charge >= 0.3 is 6.09 Å². The van der Waals surface area contributed by atoms with Crippen molar-refractivity contribution in [3.05, 3.63) is 63.6 Å². The molecule has 0 unspecified atom stereocenters. The number of sulfonamides is 1. The topological polar surface area (TPSA) is 110 Å². The van der Waals surface area contributed by atoms with Crippen LogP contribution in [0.5, 0.6) is 0 Å². The van der Waals surface area contributed by atoms with Crippen molar-refractivity contribution in [2.45, 2.75) is 11.5 Å². The molecule has 2 aliphatic heterocycles. The molecule has 2 aliphatic rings. The molecular formula is C21H21Cl2N3O5S. The van der Waals surface area contributed by atoms with Crippen LogP contribution in [-0.4, -0.2) is 56.4 Å². The van der Waals surface area contributed by atoms with Gasteiger partial charge in [-0.1, -0.05) is 23.2 Å². The third kappa shape index (κ3) is 5.01. The first-order valence-electron chi connectivity index (χ1n) is 9.89. The summed E-state index contributed by atoms with van der Waals surface area (Å²) in [5.74, 6) is 0.152. The summed E-state index contributed by atoms with van der Waals surface area (Å²) in [5.41, 5.74) is 1.11. The molecule has 2 amide bonds. The van der Waals surface area contributed by atoms with Crippen molar-refractivity contribution < 1.29 is 22.7 Å². The van der Waals surface area contributed by atoms with E-state index in [2.05, 4.69) is 0 Å². The van der Waals surface area contributed by atoms with Gasteiger partial charge in [0.05, 0.1) is 4.90 Å². The monoisotopic (exact) mass is 497 g/mol. The lowest BCUT2D eigenvalue weighted by molar-refractivity contribution is 0.0764. The molecule has 2 atom stereocenters. The van der Waals surface area contributed by atoms with Crippen molar-refractivity contribution in [3.8, 4) is 0 Å². The smallest absolute Gasteiger partial charge is 0.410 e. The van der Waals surface area contributed by atoms with Crippen molar-refractivity contribution in [2.24, 2.45) is 17.0 Å². The van der Waals surface area contributed by atoms with Gasteiger partial charge in [0.1, 0.15) is 6.61 Å². The van der Waals surface area contributed by atoms with Gasteiger partial charge in [-0.25, -0.2) is 18.4 Å². The number of primary sulfonamides is 1. The van der Waals surface area contributed by atoms with E-state index in [4.69, 9.17) is 33.1 Å². The van der Waals surface area contributed by atoms with Gasteiger partial charge in [-0.2, -0.15) is 0 Å². The largest absolute Gasteiger partial charge is 0.445 e. The Kier molecular flexibility index (Phi) is 6.35. The highest BCUT2D eigenvalue weighted by molar-refractivity contribution is 7.89. The Bertz CT molecular complexity index is 1120. The van der Waals surface area contributed by atoms with Gasteiger partial charge in [-0.3, -0.25) is 4.79 Å². The zero-order valence-corrected chi connectivity index (χ0v) is 19.2. The van der Waals surface area contributed by atoms with Gasteiger partial charge in [0, 0.05) is 53.6 Å². The maximum absolute atomic E-state index is 12.8. The number of amides is 2. The molecule has 4 rings (SSSR count). The van der Waals surface area contributed by atoms with Crippen LogP contribution in [-0.2, 0) is 21.4 Å². The van der Waals surface area contributed by atoms with Crippen molar-refractivity contribution >= 4 is 45.2 Å². The molecule has 32 heavy (non-hydrogen) atoms. The quantitative estimate of drug-likeness (QED) is 0.697. The predicted molar refractivity (Wildman–Crippen MR) is 119 cm³/mol. The van der Waals surface area contributed by atoms with E-state index in [9.17, 15) is 18.0 Å². The van der Waals surface area contributed by atoms with Gasteiger partial charge in [0.2, 0.25) is 10.0 Å². The van der Waals surface area contributed by atoms with Gasteiger partial charge in [-0.15, -0.1) is 0 Å². The van der Waals surface area contributed by atoms with Crippen LogP contribution in [0.1, 0.15) is 15.9 Å². The lowest BCUT2D eigenvalue weighted by Crippen LogP contribution is -2.35. The Labute approximate surface area is 195 Å². The van der Waals surface area contributed by atoms with Crippen molar-refractivity contribution in [1.29, 1.82) is 0 Å². The molecule has 8 nitrogen and oxygen atoms in total. The minimum Gasteiger partial charge on any atom is -0.445 e. The highest BCUT2D eigenvalue weighted by atomic mass is 35.5. The van der Waals surface area contributed by atoms with Crippen molar-refractivity contribution in [1.82, 2.24) is 9.80 Å². The van der Waals surface area contributed by atoms with Gasteiger partial charge in [-0.05, 0) is 48.0 Å². The zero-order chi connectivity index (χ0) is 23.0. The summed E-state index contributed by atoms with van der Waals surface area (Å²) in [6.07, 6.45) is -0.410. The molecule has 2 fully saturated rings. The first-order valence-corrected chi connectivity index (χ1v) is 12.2. The number of hydrogen-bond donors (Lipinski definition) is 1. The second-order valence-electron chi connectivity index (χ2n) is 8.04. The molecular weight excluding hydrogens is 477 g/mol. The SMILES string of the molecule is NS(=O)(=O)c1ccc(C(=O)N2C[C@@H]3CN(C(=O)OCc4cc(Cl)cc(Cl)c4)C[C@H]3C2)cc1. The fourth-order valence-corrected chi connectivity index (χ4v) is 5.30. The lowest BCUT2D eigenvalue weighted by atomic mass is 10.0. The average molecular weight is 498 g/mol. The van der Waals surface area contributed by atoms with Crippen LogP contribution in [0.25, 0.3) is 0 Å². The molecule has 2 heterocycles. The molecule has 2 aromatic rings. The molecule has 2 aromatic carbocycles.